The van der Waals surface area contributed by atoms with Gasteiger partial charge in [-0.05, 0) is 19.4 Å². The minimum Gasteiger partial charge on any atom is -1.00 e. The first-order valence-corrected chi connectivity index (χ1v) is 9.18. The summed E-state index contributed by atoms with van der Waals surface area (Å²) in [7, 11) is 2.37. The predicted molar refractivity (Wildman–Crippen MR) is 93.5 cm³/mol. The molecule has 0 aliphatic carbocycles. The maximum absolute atomic E-state index is 12.6. The minimum absolute atomic E-state index is 0. The van der Waals surface area contributed by atoms with Crippen molar-refractivity contribution in [1.82, 2.24) is 0 Å². The highest BCUT2D eigenvalue weighted by atomic mass is 127. The summed E-state index contributed by atoms with van der Waals surface area (Å²) < 4.78 is 6.96. The fraction of sp³-hybridized carbons (Fsp3) is 0.650. The number of piperidine rings is 1. The maximum Gasteiger partial charge on any atom is 0.316 e. The molecule has 3 rings (SSSR count). The molecule has 5 heteroatoms. The number of ether oxygens (including phenoxy) is 1. The summed E-state index contributed by atoms with van der Waals surface area (Å²) in [6.45, 7) is 4.39. The molecule has 2 bridgehead atoms. The summed E-state index contributed by atoms with van der Waals surface area (Å²) in [4.78, 5) is 12.6. The van der Waals surface area contributed by atoms with Gasteiger partial charge in [0, 0.05) is 25.7 Å². The number of halogens is 1. The third-order valence-corrected chi connectivity index (χ3v) is 6.54. The molecule has 2 aliphatic heterocycles. The molecule has 2 heterocycles. The SMILES string of the molecule is CC(C)[N+]1(C)[C@@H]2CC[C@H]1CC(OC(=O)C(CO)c1ccccc1)C2.[I-]. The number of fused-ring (bicyclic) bond motifs is 2. The normalized spacial score (nSPS) is 32.1. The Morgan fingerprint density at radius 2 is 1.76 bits per heavy atom. The van der Waals surface area contributed by atoms with Crippen LogP contribution in [0.1, 0.15) is 51.0 Å². The fourth-order valence-corrected chi connectivity index (χ4v) is 4.82. The van der Waals surface area contributed by atoms with Gasteiger partial charge in [-0.3, -0.25) is 4.79 Å². The number of benzene rings is 1. The van der Waals surface area contributed by atoms with Crippen molar-refractivity contribution in [1.29, 1.82) is 0 Å². The van der Waals surface area contributed by atoms with Gasteiger partial charge in [-0.25, -0.2) is 0 Å². The summed E-state index contributed by atoms with van der Waals surface area (Å²) >= 11 is 0. The van der Waals surface area contributed by atoms with E-state index in [9.17, 15) is 9.90 Å². The number of hydrogen-bond donors (Lipinski definition) is 1. The predicted octanol–water partition coefficient (Wildman–Crippen LogP) is -0.142. The number of hydrogen-bond acceptors (Lipinski definition) is 3. The summed E-state index contributed by atoms with van der Waals surface area (Å²) in [6.07, 6.45) is 4.36. The van der Waals surface area contributed by atoms with E-state index in [1.165, 1.54) is 12.8 Å². The number of aliphatic hydroxyl groups excluding tert-OH is 1. The van der Waals surface area contributed by atoms with Gasteiger partial charge in [0.2, 0.25) is 0 Å². The molecule has 1 N–H and O–H groups in total. The van der Waals surface area contributed by atoms with E-state index in [1.54, 1.807) is 0 Å². The highest BCUT2D eigenvalue weighted by Crippen LogP contribution is 2.44. The number of rotatable bonds is 5. The molecule has 0 spiro atoms. The van der Waals surface area contributed by atoms with Crippen molar-refractivity contribution in [3.8, 4) is 0 Å². The molecule has 5 atom stereocenters. The van der Waals surface area contributed by atoms with E-state index in [0.717, 1.165) is 22.9 Å². The third kappa shape index (κ3) is 3.88. The van der Waals surface area contributed by atoms with Crippen LogP contribution in [0.15, 0.2) is 30.3 Å². The Morgan fingerprint density at radius 1 is 1.20 bits per heavy atom. The van der Waals surface area contributed by atoms with E-state index in [-0.39, 0.29) is 42.7 Å². The topological polar surface area (TPSA) is 46.5 Å². The summed E-state index contributed by atoms with van der Waals surface area (Å²) in [5.74, 6) is -0.856. The lowest BCUT2D eigenvalue weighted by atomic mass is 9.94. The van der Waals surface area contributed by atoms with Gasteiger partial charge >= 0.3 is 5.97 Å². The molecule has 4 nitrogen and oxygen atoms in total. The van der Waals surface area contributed by atoms with Gasteiger partial charge in [-0.15, -0.1) is 0 Å². The molecule has 25 heavy (non-hydrogen) atoms. The molecule has 2 fully saturated rings. The van der Waals surface area contributed by atoms with Crippen LogP contribution in [-0.2, 0) is 9.53 Å². The quantitative estimate of drug-likeness (QED) is 0.379. The number of aliphatic hydroxyl groups is 1. The molecule has 2 saturated heterocycles. The smallest absolute Gasteiger partial charge is 0.316 e. The molecule has 2 aliphatic rings. The Morgan fingerprint density at radius 3 is 2.24 bits per heavy atom. The molecule has 0 amide bonds. The van der Waals surface area contributed by atoms with Crippen LogP contribution in [-0.4, -0.2) is 53.4 Å². The fourth-order valence-electron chi connectivity index (χ4n) is 4.82. The molecule has 1 aromatic rings. The molecular weight excluding hydrogens is 429 g/mol. The first-order valence-electron chi connectivity index (χ1n) is 9.18. The Balaban J connectivity index is 0.00000225. The third-order valence-electron chi connectivity index (χ3n) is 6.54. The van der Waals surface area contributed by atoms with E-state index in [0.29, 0.717) is 18.1 Å². The first kappa shape index (κ1) is 20.6. The Bertz CT molecular complexity index is 564. The van der Waals surface area contributed by atoms with Crippen LogP contribution in [0, 0.1) is 0 Å². The summed E-state index contributed by atoms with van der Waals surface area (Å²) in [6, 6.07) is 11.2. The van der Waals surface area contributed by atoms with Crippen LogP contribution in [0.3, 0.4) is 0 Å². The van der Waals surface area contributed by atoms with Crippen molar-refractivity contribution in [2.45, 2.75) is 69.7 Å². The second-order valence-electron chi connectivity index (χ2n) is 7.88. The first-order chi connectivity index (χ1) is 11.5. The van der Waals surface area contributed by atoms with Crippen molar-refractivity contribution in [2.75, 3.05) is 13.7 Å². The van der Waals surface area contributed by atoms with Gasteiger partial charge in [0.25, 0.3) is 0 Å². The highest BCUT2D eigenvalue weighted by Gasteiger charge is 2.53. The van der Waals surface area contributed by atoms with Crippen LogP contribution in [0.25, 0.3) is 0 Å². The Hall–Kier alpha value is -0.660. The van der Waals surface area contributed by atoms with E-state index in [4.69, 9.17) is 4.74 Å². The van der Waals surface area contributed by atoms with Crippen molar-refractivity contribution in [3.05, 3.63) is 35.9 Å². The highest BCUT2D eigenvalue weighted by molar-refractivity contribution is 5.78. The van der Waals surface area contributed by atoms with Gasteiger partial charge < -0.3 is 38.3 Å². The maximum atomic E-state index is 12.6. The largest absolute Gasteiger partial charge is 1.00 e. The summed E-state index contributed by atoms with van der Waals surface area (Å²) in [5.41, 5.74) is 0.826. The number of esters is 1. The second kappa shape index (κ2) is 8.35. The average Bonchev–Trinajstić information content (AvgIpc) is 2.74. The van der Waals surface area contributed by atoms with E-state index in [2.05, 4.69) is 20.9 Å². The molecule has 0 aromatic heterocycles. The Labute approximate surface area is 168 Å². The molecule has 1 aromatic carbocycles. The van der Waals surface area contributed by atoms with Crippen molar-refractivity contribution >= 4 is 5.97 Å². The second-order valence-corrected chi connectivity index (χ2v) is 7.88. The molecular formula is C20H30INO3. The number of nitrogens with zero attached hydrogens (tertiary/aromatic N) is 1. The van der Waals surface area contributed by atoms with Gasteiger partial charge in [0.1, 0.15) is 12.0 Å². The van der Waals surface area contributed by atoms with E-state index >= 15 is 0 Å². The van der Waals surface area contributed by atoms with Gasteiger partial charge in [-0.1, -0.05) is 30.3 Å². The van der Waals surface area contributed by atoms with Gasteiger partial charge in [0.05, 0.1) is 31.8 Å². The van der Waals surface area contributed by atoms with Crippen molar-refractivity contribution < 1.29 is 43.1 Å². The van der Waals surface area contributed by atoms with Crippen LogP contribution in [0.4, 0.5) is 0 Å². The zero-order valence-electron chi connectivity index (χ0n) is 15.4. The standard InChI is InChI=1S/C20H30NO3.HI/c1-14(2)21(3)16-9-10-17(21)12-18(11-16)24-20(23)19(13-22)15-7-5-4-6-8-15;/h4-8,14,16-19,22H,9-13H2,1-3H3;1H/q+1;/p-1/t16-,17+,18?,19?,21?;. The monoisotopic (exact) mass is 459 g/mol. The summed E-state index contributed by atoms with van der Waals surface area (Å²) in [5, 5.41) is 9.65. The van der Waals surface area contributed by atoms with Crippen LogP contribution < -0.4 is 24.0 Å². The van der Waals surface area contributed by atoms with Crippen molar-refractivity contribution in [3.63, 3.8) is 0 Å². The zero-order valence-corrected chi connectivity index (χ0v) is 17.6. The van der Waals surface area contributed by atoms with E-state index < -0.39 is 5.92 Å². The lowest BCUT2D eigenvalue weighted by Crippen LogP contribution is -3.00. The number of carbonyl (C=O) groups is 1. The van der Waals surface area contributed by atoms with E-state index in [1.807, 2.05) is 30.3 Å². The molecule has 0 radical (unpaired) electrons. The zero-order chi connectivity index (χ0) is 17.3. The van der Waals surface area contributed by atoms with Crippen LogP contribution in [0.2, 0.25) is 0 Å². The lowest BCUT2D eigenvalue weighted by Gasteiger charge is -2.49. The van der Waals surface area contributed by atoms with Crippen LogP contribution >= 0.6 is 0 Å². The van der Waals surface area contributed by atoms with Crippen molar-refractivity contribution in [2.24, 2.45) is 0 Å². The average molecular weight is 459 g/mol. The van der Waals surface area contributed by atoms with Gasteiger partial charge in [-0.2, -0.15) is 0 Å². The minimum atomic E-state index is -0.572. The number of quaternary nitrogens is 1. The number of carbonyl (C=O) groups excluding carboxylic acids is 1. The Kier molecular flexibility index (Phi) is 6.90. The van der Waals surface area contributed by atoms with Crippen LogP contribution in [0.5, 0.6) is 0 Å². The lowest BCUT2D eigenvalue weighted by molar-refractivity contribution is -0.968. The molecule has 140 valence electrons. The molecule has 3 unspecified atom stereocenters. The molecule has 0 saturated carbocycles. The van der Waals surface area contributed by atoms with Gasteiger partial charge in [0.15, 0.2) is 0 Å².